The molecule has 8 heteroatoms. The minimum atomic E-state index is -0.277. The van der Waals surface area contributed by atoms with Crippen LogP contribution in [0.4, 0.5) is 5.82 Å². The van der Waals surface area contributed by atoms with Gasteiger partial charge in [0.15, 0.2) is 5.82 Å². The fourth-order valence-electron chi connectivity index (χ4n) is 2.52. The highest BCUT2D eigenvalue weighted by molar-refractivity contribution is 6.03. The molecule has 0 fully saturated rings. The predicted octanol–water partition coefficient (Wildman–Crippen LogP) is 1.72. The first-order valence-corrected chi connectivity index (χ1v) is 7.24. The Morgan fingerprint density at radius 2 is 1.87 bits per heavy atom. The van der Waals surface area contributed by atoms with Gasteiger partial charge in [-0.3, -0.25) is 19.3 Å². The molecule has 0 aliphatic heterocycles. The van der Waals surface area contributed by atoms with Gasteiger partial charge in [-0.25, -0.2) is 0 Å². The third-order valence-electron chi connectivity index (χ3n) is 3.94. The Morgan fingerprint density at radius 3 is 2.43 bits per heavy atom. The zero-order valence-electron chi connectivity index (χ0n) is 13.8. The Morgan fingerprint density at radius 1 is 1.13 bits per heavy atom. The van der Waals surface area contributed by atoms with Gasteiger partial charge in [0.25, 0.3) is 5.91 Å². The molecule has 0 bridgehead atoms. The summed E-state index contributed by atoms with van der Waals surface area (Å²) in [5.41, 5.74) is 4.87. The second kappa shape index (κ2) is 5.38. The Labute approximate surface area is 133 Å². The average molecular weight is 313 g/mol. The summed E-state index contributed by atoms with van der Waals surface area (Å²) < 4.78 is 3.51. The van der Waals surface area contributed by atoms with Crippen molar-refractivity contribution in [2.45, 2.75) is 20.8 Å². The van der Waals surface area contributed by atoms with Gasteiger partial charge in [0.1, 0.15) is 5.69 Å². The monoisotopic (exact) mass is 313 g/mol. The fourth-order valence-corrected chi connectivity index (χ4v) is 2.52. The van der Waals surface area contributed by atoms with Crippen LogP contribution in [0.5, 0.6) is 0 Å². The highest BCUT2D eigenvalue weighted by atomic mass is 16.2. The standard InChI is InChI=1S/C15H19N7O/c1-8-6-13(20-21(8)4)16-15(23)12-7-11(17-18-12)14-9(2)19-22(5)10(14)3/h6-7H,1-5H3,(H,17,18)(H,16,20,23). The van der Waals surface area contributed by atoms with Gasteiger partial charge in [-0.2, -0.15) is 15.3 Å². The zero-order chi connectivity index (χ0) is 16.7. The number of carbonyl (C=O) groups is 1. The minimum absolute atomic E-state index is 0.277. The first-order valence-electron chi connectivity index (χ1n) is 7.24. The molecule has 0 spiro atoms. The van der Waals surface area contributed by atoms with Crippen LogP contribution >= 0.6 is 0 Å². The van der Waals surface area contributed by atoms with E-state index in [2.05, 4.69) is 25.7 Å². The molecule has 3 rings (SSSR count). The first kappa shape index (κ1) is 15.0. The van der Waals surface area contributed by atoms with Crippen LogP contribution in [0.3, 0.4) is 0 Å². The molecule has 120 valence electrons. The molecule has 2 N–H and O–H groups in total. The average Bonchev–Trinajstić information content (AvgIpc) is 3.12. The highest BCUT2D eigenvalue weighted by Gasteiger charge is 2.17. The summed E-state index contributed by atoms with van der Waals surface area (Å²) in [5, 5.41) is 18.4. The number of rotatable bonds is 3. The van der Waals surface area contributed by atoms with Crippen LogP contribution < -0.4 is 5.32 Å². The minimum Gasteiger partial charge on any atom is -0.304 e. The molecule has 8 nitrogen and oxygen atoms in total. The number of carbonyl (C=O) groups excluding carboxylic acids is 1. The number of nitrogens with zero attached hydrogens (tertiary/aromatic N) is 5. The number of hydrogen-bond donors (Lipinski definition) is 2. The van der Waals surface area contributed by atoms with Crippen molar-refractivity contribution >= 4 is 11.7 Å². The molecule has 3 aromatic heterocycles. The molecule has 0 saturated carbocycles. The van der Waals surface area contributed by atoms with E-state index in [1.165, 1.54) is 0 Å². The number of H-pyrrole nitrogens is 1. The number of aromatic nitrogens is 6. The van der Waals surface area contributed by atoms with Gasteiger partial charge < -0.3 is 5.32 Å². The topological polar surface area (TPSA) is 93.4 Å². The van der Waals surface area contributed by atoms with Gasteiger partial charge in [0, 0.05) is 37.1 Å². The number of amides is 1. The first-order chi connectivity index (χ1) is 10.9. The van der Waals surface area contributed by atoms with Crippen LogP contribution in [0.15, 0.2) is 12.1 Å². The van der Waals surface area contributed by atoms with Crippen molar-refractivity contribution in [2.24, 2.45) is 14.1 Å². The Hall–Kier alpha value is -2.90. The predicted molar refractivity (Wildman–Crippen MR) is 86.2 cm³/mol. The molecule has 0 aliphatic rings. The third-order valence-corrected chi connectivity index (χ3v) is 3.94. The molecule has 3 aromatic rings. The number of aromatic amines is 1. The van der Waals surface area contributed by atoms with Crippen LogP contribution in [0.25, 0.3) is 11.3 Å². The van der Waals surface area contributed by atoms with Gasteiger partial charge in [-0.1, -0.05) is 0 Å². The molecule has 1 amide bonds. The lowest BCUT2D eigenvalue weighted by Gasteiger charge is -1.98. The summed E-state index contributed by atoms with van der Waals surface area (Å²) in [6.07, 6.45) is 0. The molecule has 0 atom stereocenters. The fraction of sp³-hybridized carbons (Fsp3) is 0.333. The van der Waals surface area contributed by atoms with Crippen molar-refractivity contribution in [3.05, 3.63) is 34.9 Å². The van der Waals surface area contributed by atoms with E-state index in [1.807, 2.05) is 40.9 Å². The number of anilines is 1. The normalized spacial score (nSPS) is 11.0. The lowest BCUT2D eigenvalue weighted by molar-refractivity contribution is 0.102. The maximum absolute atomic E-state index is 12.3. The lowest BCUT2D eigenvalue weighted by Crippen LogP contribution is -2.13. The van der Waals surface area contributed by atoms with E-state index in [0.717, 1.165) is 22.6 Å². The molecule has 0 saturated heterocycles. The maximum atomic E-state index is 12.3. The molecule has 0 aromatic carbocycles. The SMILES string of the molecule is Cc1nn(C)c(C)c1-c1cc(C(=O)Nc2cc(C)n(C)n2)[nH]n1. The molecular formula is C15H19N7O. The Bertz CT molecular complexity index is 864. The Balaban J connectivity index is 1.85. The zero-order valence-corrected chi connectivity index (χ0v) is 13.8. The molecule has 0 radical (unpaired) electrons. The lowest BCUT2D eigenvalue weighted by atomic mass is 10.1. The second-order valence-electron chi connectivity index (χ2n) is 5.58. The summed E-state index contributed by atoms with van der Waals surface area (Å²) in [6.45, 7) is 5.82. The summed E-state index contributed by atoms with van der Waals surface area (Å²) in [4.78, 5) is 12.3. The molecule has 0 unspecified atom stereocenters. The third kappa shape index (κ3) is 2.63. The van der Waals surface area contributed by atoms with Crippen molar-refractivity contribution < 1.29 is 4.79 Å². The van der Waals surface area contributed by atoms with Gasteiger partial charge in [0.2, 0.25) is 0 Å². The van der Waals surface area contributed by atoms with Crippen molar-refractivity contribution in [3.8, 4) is 11.3 Å². The van der Waals surface area contributed by atoms with Gasteiger partial charge in [-0.05, 0) is 26.8 Å². The molecule has 23 heavy (non-hydrogen) atoms. The summed E-state index contributed by atoms with van der Waals surface area (Å²) in [6, 6.07) is 3.53. The van der Waals surface area contributed by atoms with Gasteiger partial charge in [-0.15, -0.1) is 0 Å². The van der Waals surface area contributed by atoms with E-state index in [4.69, 9.17) is 0 Å². The smallest absolute Gasteiger partial charge is 0.274 e. The Kier molecular flexibility index (Phi) is 3.51. The number of nitrogens with one attached hydrogen (secondary N) is 2. The van der Waals surface area contributed by atoms with Crippen molar-refractivity contribution in [1.82, 2.24) is 29.8 Å². The van der Waals surface area contributed by atoms with Crippen LogP contribution in [-0.4, -0.2) is 35.7 Å². The molecular weight excluding hydrogens is 294 g/mol. The highest BCUT2D eigenvalue weighted by Crippen LogP contribution is 2.25. The van der Waals surface area contributed by atoms with Crippen LogP contribution in [0.2, 0.25) is 0 Å². The van der Waals surface area contributed by atoms with Crippen LogP contribution in [-0.2, 0) is 14.1 Å². The molecule has 0 aliphatic carbocycles. The largest absolute Gasteiger partial charge is 0.304 e. The summed E-state index contributed by atoms with van der Waals surface area (Å²) in [7, 11) is 3.71. The quantitative estimate of drug-likeness (QED) is 0.770. The van der Waals surface area contributed by atoms with Crippen molar-refractivity contribution in [2.75, 3.05) is 5.32 Å². The number of hydrogen-bond acceptors (Lipinski definition) is 4. The van der Waals surface area contributed by atoms with Crippen LogP contribution in [0, 0.1) is 20.8 Å². The van der Waals surface area contributed by atoms with Gasteiger partial charge >= 0.3 is 0 Å². The molecule has 3 heterocycles. The van der Waals surface area contributed by atoms with E-state index in [9.17, 15) is 4.79 Å². The van der Waals surface area contributed by atoms with E-state index >= 15 is 0 Å². The van der Waals surface area contributed by atoms with Crippen molar-refractivity contribution in [1.29, 1.82) is 0 Å². The van der Waals surface area contributed by atoms with Gasteiger partial charge in [0.05, 0.1) is 11.4 Å². The van der Waals surface area contributed by atoms with Crippen molar-refractivity contribution in [3.63, 3.8) is 0 Å². The number of aryl methyl sites for hydroxylation is 4. The summed E-state index contributed by atoms with van der Waals surface area (Å²) >= 11 is 0. The van der Waals surface area contributed by atoms with E-state index < -0.39 is 0 Å². The van der Waals surface area contributed by atoms with E-state index in [1.54, 1.807) is 15.4 Å². The second-order valence-corrected chi connectivity index (χ2v) is 5.58. The van der Waals surface area contributed by atoms with E-state index in [0.29, 0.717) is 17.2 Å². The maximum Gasteiger partial charge on any atom is 0.274 e. The summed E-state index contributed by atoms with van der Waals surface area (Å²) in [5.74, 6) is 0.237. The van der Waals surface area contributed by atoms with E-state index in [-0.39, 0.29) is 5.91 Å². The van der Waals surface area contributed by atoms with Crippen LogP contribution in [0.1, 0.15) is 27.6 Å².